The van der Waals surface area contributed by atoms with Crippen molar-refractivity contribution >= 4 is 33.2 Å². The third-order valence-corrected chi connectivity index (χ3v) is 3.81. The van der Waals surface area contributed by atoms with Gasteiger partial charge in [-0.25, -0.2) is 0 Å². The van der Waals surface area contributed by atoms with Gasteiger partial charge in [0.05, 0.1) is 23.9 Å². The molecule has 0 saturated heterocycles. The van der Waals surface area contributed by atoms with Gasteiger partial charge in [-0.05, 0) is 37.3 Å². The molecule has 3 nitrogen and oxygen atoms in total. The number of aromatic hydroxyl groups is 1. The Labute approximate surface area is 131 Å². The minimum Gasteiger partial charge on any atom is -0.507 e. The molecule has 0 saturated carbocycles. The predicted molar refractivity (Wildman–Crippen MR) is 85.8 cm³/mol. The molecule has 20 heavy (non-hydrogen) atoms. The summed E-state index contributed by atoms with van der Waals surface area (Å²) >= 11 is 9.54. The number of methoxy groups -OCH3 is 1. The quantitative estimate of drug-likeness (QED) is 0.811. The molecule has 0 spiro atoms. The Morgan fingerprint density at radius 1 is 1.25 bits per heavy atom. The van der Waals surface area contributed by atoms with Crippen molar-refractivity contribution in [2.45, 2.75) is 13.0 Å². The van der Waals surface area contributed by atoms with Crippen LogP contribution in [0.2, 0.25) is 5.02 Å². The molecule has 0 aliphatic heterocycles. The second-order valence-electron chi connectivity index (χ2n) is 4.41. The first-order valence-corrected chi connectivity index (χ1v) is 7.27. The van der Waals surface area contributed by atoms with Crippen LogP contribution in [0.3, 0.4) is 0 Å². The fourth-order valence-electron chi connectivity index (χ4n) is 1.93. The van der Waals surface area contributed by atoms with Crippen LogP contribution in [-0.4, -0.2) is 12.2 Å². The highest BCUT2D eigenvalue weighted by Crippen LogP contribution is 2.33. The zero-order valence-electron chi connectivity index (χ0n) is 11.2. The van der Waals surface area contributed by atoms with Gasteiger partial charge in [0.15, 0.2) is 0 Å². The van der Waals surface area contributed by atoms with Gasteiger partial charge in [0, 0.05) is 16.1 Å². The highest BCUT2D eigenvalue weighted by atomic mass is 79.9. The maximum Gasteiger partial charge on any atom is 0.124 e. The summed E-state index contributed by atoms with van der Waals surface area (Å²) in [6.45, 7) is 1.96. The predicted octanol–water partition coefficient (Wildman–Crippen LogP) is 4.99. The molecule has 0 bridgehead atoms. The highest BCUT2D eigenvalue weighted by molar-refractivity contribution is 9.10. The molecule has 2 aromatic rings. The lowest BCUT2D eigenvalue weighted by atomic mass is 10.1. The van der Waals surface area contributed by atoms with Gasteiger partial charge in [-0.1, -0.05) is 27.5 Å². The lowest BCUT2D eigenvalue weighted by Crippen LogP contribution is -2.07. The molecular formula is C15H15BrClNO2. The standard InChI is InChI=1S/C15H15BrClNO2/c1-9(12-5-4-11(20-2)8-15(12)19)18-14-6-3-10(16)7-13(14)17/h3-9,18-19H,1-2H3. The normalized spacial score (nSPS) is 12.0. The Bertz CT molecular complexity index is 619. The molecule has 2 rings (SSSR count). The first kappa shape index (κ1) is 15.0. The molecule has 106 valence electrons. The van der Waals surface area contributed by atoms with Gasteiger partial charge >= 0.3 is 0 Å². The molecular weight excluding hydrogens is 342 g/mol. The van der Waals surface area contributed by atoms with E-state index in [0.717, 1.165) is 15.7 Å². The Morgan fingerprint density at radius 3 is 2.60 bits per heavy atom. The highest BCUT2D eigenvalue weighted by Gasteiger charge is 2.12. The summed E-state index contributed by atoms with van der Waals surface area (Å²) in [6, 6.07) is 10.8. The number of ether oxygens (including phenoxy) is 1. The van der Waals surface area contributed by atoms with E-state index in [9.17, 15) is 5.11 Å². The van der Waals surface area contributed by atoms with Gasteiger partial charge in [0.25, 0.3) is 0 Å². The first-order chi connectivity index (χ1) is 9.51. The molecule has 2 N–H and O–H groups in total. The van der Waals surface area contributed by atoms with Gasteiger partial charge in [-0.15, -0.1) is 0 Å². The molecule has 0 radical (unpaired) electrons. The third-order valence-electron chi connectivity index (χ3n) is 3.01. The monoisotopic (exact) mass is 355 g/mol. The molecule has 2 aromatic carbocycles. The third kappa shape index (κ3) is 3.38. The fraction of sp³-hybridized carbons (Fsp3) is 0.200. The van der Waals surface area contributed by atoms with Crippen molar-refractivity contribution in [3.63, 3.8) is 0 Å². The average molecular weight is 357 g/mol. The van der Waals surface area contributed by atoms with Gasteiger partial charge in [-0.3, -0.25) is 0 Å². The number of halogens is 2. The molecule has 0 aliphatic rings. The first-order valence-electron chi connectivity index (χ1n) is 6.09. The van der Waals surface area contributed by atoms with Crippen LogP contribution in [-0.2, 0) is 0 Å². The largest absolute Gasteiger partial charge is 0.507 e. The molecule has 0 aromatic heterocycles. The summed E-state index contributed by atoms with van der Waals surface area (Å²) in [5.74, 6) is 0.817. The number of hydrogen-bond donors (Lipinski definition) is 2. The van der Waals surface area contributed by atoms with Crippen molar-refractivity contribution in [3.8, 4) is 11.5 Å². The second kappa shape index (κ2) is 6.37. The lowest BCUT2D eigenvalue weighted by Gasteiger charge is -2.18. The van der Waals surface area contributed by atoms with E-state index in [4.69, 9.17) is 16.3 Å². The number of phenolic OH excluding ortho intramolecular Hbond substituents is 1. The van der Waals surface area contributed by atoms with E-state index in [1.165, 1.54) is 0 Å². The van der Waals surface area contributed by atoms with E-state index < -0.39 is 0 Å². The molecule has 0 heterocycles. The summed E-state index contributed by atoms with van der Waals surface area (Å²) in [5, 5.41) is 13.9. The lowest BCUT2D eigenvalue weighted by molar-refractivity contribution is 0.406. The van der Waals surface area contributed by atoms with Crippen LogP contribution in [0.15, 0.2) is 40.9 Å². The second-order valence-corrected chi connectivity index (χ2v) is 5.74. The van der Waals surface area contributed by atoms with Crippen molar-refractivity contribution in [3.05, 3.63) is 51.5 Å². The maximum absolute atomic E-state index is 10.0. The molecule has 1 unspecified atom stereocenters. The number of anilines is 1. The number of nitrogens with one attached hydrogen (secondary N) is 1. The fourth-order valence-corrected chi connectivity index (χ4v) is 2.66. The van der Waals surface area contributed by atoms with Gasteiger partial charge in [0.2, 0.25) is 0 Å². The van der Waals surface area contributed by atoms with Crippen LogP contribution < -0.4 is 10.1 Å². The minimum absolute atomic E-state index is 0.0837. The van der Waals surface area contributed by atoms with Gasteiger partial charge in [0.1, 0.15) is 11.5 Å². The van der Waals surface area contributed by atoms with E-state index in [1.54, 1.807) is 13.2 Å². The van der Waals surface area contributed by atoms with Crippen molar-refractivity contribution in [2.24, 2.45) is 0 Å². The number of benzene rings is 2. The van der Waals surface area contributed by atoms with Crippen molar-refractivity contribution in [2.75, 3.05) is 12.4 Å². The maximum atomic E-state index is 10.0. The number of phenols is 1. The Kier molecular flexibility index (Phi) is 4.78. The smallest absolute Gasteiger partial charge is 0.124 e. The molecule has 0 aliphatic carbocycles. The van der Waals surface area contributed by atoms with Gasteiger partial charge < -0.3 is 15.2 Å². The Balaban J connectivity index is 2.21. The van der Waals surface area contributed by atoms with Crippen LogP contribution in [0.1, 0.15) is 18.5 Å². The van der Waals surface area contributed by atoms with Crippen molar-refractivity contribution in [1.29, 1.82) is 0 Å². The van der Waals surface area contributed by atoms with E-state index in [-0.39, 0.29) is 11.8 Å². The zero-order chi connectivity index (χ0) is 14.7. The summed E-state index contributed by atoms with van der Waals surface area (Å²) < 4.78 is 6.00. The SMILES string of the molecule is COc1ccc(C(C)Nc2ccc(Br)cc2Cl)c(O)c1. The Hall–Kier alpha value is -1.39. The van der Waals surface area contributed by atoms with E-state index in [1.807, 2.05) is 37.3 Å². The van der Waals surface area contributed by atoms with E-state index in [2.05, 4.69) is 21.2 Å². The van der Waals surface area contributed by atoms with Crippen LogP contribution >= 0.6 is 27.5 Å². The molecule has 0 fully saturated rings. The van der Waals surface area contributed by atoms with Crippen LogP contribution in [0.5, 0.6) is 11.5 Å². The van der Waals surface area contributed by atoms with Crippen LogP contribution in [0.4, 0.5) is 5.69 Å². The van der Waals surface area contributed by atoms with Crippen LogP contribution in [0.25, 0.3) is 0 Å². The number of rotatable bonds is 4. The zero-order valence-corrected chi connectivity index (χ0v) is 13.5. The number of hydrogen-bond acceptors (Lipinski definition) is 3. The Morgan fingerprint density at radius 2 is 2.00 bits per heavy atom. The average Bonchev–Trinajstić information content (AvgIpc) is 2.41. The summed E-state index contributed by atoms with van der Waals surface area (Å²) in [6.07, 6.45) is 0. The van der Waals surface area contributed by atoms with Crippen molar-refractivity contribution in [1.82, 2.24) is 0 Å². The summed E-state index contributed by atoms with van der Waals surface area (Å²) in [7, 11) is 1.57. The summed E-state index contributed by atoms with van der Waals surface area (Å²) in [5.41, 5.74) is 1.60. The van der Waals surface area contributed by atoms with Crippen molar-refractivity contribution < 1.29 is 9.84 Å². The van der Waals surface area contributed by atoms with Gasteiger partial charge in [-0.2, -0.15) is 0 Å². The summed E-state index contributed by atoms with van der Waals surface area (Å²) in [4.78, 5) is 0. The molecule has 1 atom stereocenters. The minimum atomic E-state index is -0.0837. The molecule has 5 heteroatoms. The topological polar surface area (TPSA) is 41.5 Å². The molecule has 0 amide bonds. The van der Waals surface area contributed by atoms with Crippen LogP contribution in [0, 0.1) is 0 Å². The van der Waals surface area contributed by atoms with E-state index in [0.29, 0.717) is 10.8 Å². The van der Waals surface area contributed by atoms with E-state index >= 15 is 0 Å².